The van der Waals surface area contributed by atoms with Crippen LogP contribution in [0.4, 0.5) is 5.69 Å². The quantitative estimate of drug-likeness (QED) is 0.639. The molecule has 1 aromatic carbocycles. The highest BCUT2D eigenvalue weighted by Crippen LogP contribution is 2.29. The topological polar surface area (TPSA) is 89.7 Å². The van der Waals surface area contributed by atoms with E-state index in [0.717, 1.165) is 0 Å². The van der Waals surface area contributed by atoms with Gasteiger partial charge in [-0.15, -0.1) is 0 Å². The summed E-state index contributed by atoms with van der Waals surface area (Å²) in [5.74, 6) is -0.797. The fraction of sp³-hybridized carbons (Fsp3) is 0.462. The van der Waals surface area contributed by atoms with Gasteiger partial charge in [0.2, 0.25) is 10.0 Å². The van der Waals surface area contributed by atoms with Gasteiger partial charge in [0.05, 0.1) is 18.7 Å². The standard InChI is InChI=1S/C13H17BrN2O4S/c1-20-13(17)9-3-2-6-16(8-9)21(18,19)12-5-4-10(14)7-11(12)15/h4-5,7,9H,2-3,6,8,15H2,1H3. The molecule has 1 aromatic rings. The third kappa shape index (κ3) is 3.38. The Morgan fingerprint density at radius 3 is 2.81 bits per heavy atom. The highest BCUT2D eigenvalue weighted by atomic mass is 79.9. The summed E-state index contributed by atoms with van der Waals surface area (Å²) in [5.41, 5.74) is 5.99. The van der Waals surface area contributed by atoms with Crippen LogP contribution in [0.2, 0.25) is 0 Å². The van der Waals surface area contributed by atoms with Crippen molar-refractivity contribution in [3.63, 3.8) is 0 Å². The molecule has 8 heteroatoms. The van der Waals surface area contributed by atoms with Gasteiger partial charge in [0.1, 0.15) is 4.90 Å². The van der Waals surface area contributed by atoms with Gasteiger partial charge in [0.25, 0.3) is 0 Å². The van der Waals surface area contributed by atoms with Crippen molar-refractivity contribution in [2.24, 2.45) is 5.92 Å². The monoisotopic (exact) mass is 376 g/mol. The highest BCUT2D eigenvalue weighted by molar-refractivity contribution is 9.10. The van der Waals surface area contributed by atoms with Crippen LogP contribution in [-0.4, -0.2) is 38.9 Å². The van der Waals surface area contributed by atoms with Crippen LogP contribution in [0.25, 0.3) is 0 Å². The zero-order valence-electron chi connectivity index (χ0n) is 11.6. The van der Waals surface area contributed by atoms with Crippen LogP contribution in [0.3, 0.4) is 0 Å². The van der Waals surface area contributed by atoms with Crippen molar-refractivity contribution >= 4 is 37.6 Å². The van der Waals surface area contributed by atoms with Crippen molar-refractivity contribution in [3.05, 3.63) is 22.7 Å². The number of ether oxygens (including phenoxy) is 1. The van der Waals surface area contributed by atoms with E-state index in [2.05, 4.69) is 15.9 Å². The molecule has 1 aliphatic rings. The molecular formula is C13H17BrN2O4S. The molecule has 6 nitrogen and oxygen atoms in total. The number of carbonyl (C=O) groups is 1. The normalized spacial score (nSPS) is 20.2. The molecule has 2 rings (SSSR count). The molecule has 1 heterocycles. The SMILES string of the molecule is COC(=O)C1CCCN(S(=O)(=O)c2ccc(Br)cc2N)C1. The maximum Gasteiger partial charge on any atom is 0.309 e. The molecule has 1 saturated heterocycles. The number of rotatable bonds is 3. The van der Waals surface area contributed by atoms with Gasteiger partial charge < -0.3 is 10.5 Å². The first-order chi connectivity index (χ1) is 9.86. The molecule has 1 atom stereocenters. The Hall–Kier alpha value is -1.12. The lowest BCUT2D eigenvalue weighted by Gasteiger charge is -2.30. The van der Waals surface area contributed by atoms with Crippen molar-refractivity contribution in [3.8, 4) is 0 Å². The van der Waals surface area contributed by atoms with E-state index in [1.54, 1.807) is 12.1 Å². The Balaban J connectivity index is 2.28. The predicted octanol–water partition coefficient (Wildman–Crippen LogP) is 1.60. The number of hydrogen-bond donors (Lipinski definition) is 1. The van der Waals surface area contributed by atoms with Crippen LogP contribution in [-0.2, 0) is 19.6 Å². The van der Waals surface area contributed by atoms with Crippen LogP contribution in [0.5, 0.6) is 0 Å². The summed E-state index contributed by atoms with van der Waals surface area (Å²) in [7, 11) is -2.40. The molecule has 0 radical (unpaired) electrons. The van der Waals surface area contributed by atoms with Gasteiger partial charge >= 0.3 is 5.97 Å². The minimum Gasteiger partial charge on any atom is -0.469 e. The van der Waals surface area contributed by atoms with Crippen LogP contribution >= 0.6 is 15.9 Å². The van der Waals surface area contributed by atoms with E-state index >= 15 is 0 Å². The molecule has 1 fully saturated rings. The first kappa shape index (κ1) is 16.3. The lowest BCUT2D eigenvalue weighted by atomic mass is 10.0. The first-order valence-corrected chi connectivity index (χ1v) is 8.72. The maximum absolute atomic E-state index is 12.7. The number of carbonyl (C=O) groups excluding carboxylic acids is 1. The molecule has 1 aliphatic heterocycles. The average Bonchev–Trinajstić information content (AvgIpc) is 2.46. The molecule has 21 heavy (non-hydrogen) atoms. The average molecular weight is 377 g/mol. The molecule has 2 N–H and O–H groups in total. The van der Waals surface area contributed by atoms with Crippen molar-refractivity contribution in [2.75, 3.05) is 25.9 Å². The molecule has 0 spiro atoms. The minimum absolute atomic E-state index is 0.0659. The van der Waals surface area contributed by atoms with E-state index in [1.807, 2.05) is 0 Å². The van der Waals surface area contributed by atoms with Crippen LogP contribution < -0.4 is 5.73 Å². The summed E-state index contributed by atoms with van der Waals surface area (Å²) in [4.78, 5) is 11.7. The number of sulfonamides is 1. The van der Waals surface area contributed by atoms with Crippen molar-refractivity contribution in [2.45, 2.75) is 17.7 Å². The molecule has 1 unspecified atom stereocenters. The Morgan fingerprint density at radius 2 is 2.19 bits per heavy atom. The number of benzene rings is 1. The molecule has 0 saturated carbocycles. The van der Waals surface area contributed by atoms with Gasteiger partial charge in [-0.2, -0.15) is 4.31 Å². The van der Waals surface area contributed by atoms with Crippen molar-refractivity contribution in [1.29, 1.82) is 0 Å². The van der Waals surface area contributed by atoms with E-state index < -0.39 is 15.9 Å². The van der Waals surface area contributed by atoms with Gasteiger partial charge in [-0.1, -0.05) is 15.9 Å². The number of piperidine rings is 1. The lowest BCUT2D eigenvalue weighted by molar-refractivity contribution is -0.146. The Bertz CT molecular complexity index is 648. The van der Waals surface area contributed by atoms with Gasteiger partial charge in [-0.25, -0.2) is 8.42 Å². The second kappa shape index (κ2) is 6.33. The molecule has 0 amide bonds. The zero-order valence-corrected chi connectivity index (χ0v) is 14.0. The number of hydrogen-bond acceptors (Lipinski definition) is 5. The molecule has 0 bridgehead atoms. The van der Waals surface area contributed by atoms with E-state index in [0.29, 0.717) is 23.9 Å². The number of nitrogens with two attached hydrogens (primary N) is 1. The Kier molecular flexibility index (Phi) is 4.90. The van der Waals surface area contributed by atoms with Crippen LogP contribution in [0.1, 0.15) is 12.8 Å². The summed E-state index contributed by atoms with van der Waals surface area (Å²) in [5, 5.41) is 0. The summed E-state index contributed by atoms with van der Waals surface area (Å²) < 4.78 is 32.0. The third-order valence-electron chi connectivity index (χ3n) is 3.51. The molecule has 0 aromatic heterocycles. The second-order valence-electron chi connectivity index (χ2n) is 4.91. The van der Waals surface area contributed by atoms with Gasteiger partial charge in [0.15, 0.2) is 0 Å². The second-order valence-corrected chi connectivity index (χ2v) is 7.73. The van der Waals surface area contributed by atoms with E-state index in [-0.39, 0.29) is 23.1 Å². The Morgan fingerprint density at radius 1 is 1.48 bits per heavy atom. The summed E-state index contributed by atoms with van der Waals surface area (Å²) >= 11 is 3.25. The largest absolute Gasteiger partial charge is 0.469 e. The fourth-order valence-electron chi connectivity index (χ4n) is 2.41. The maximum atomic E-state index is 12.7. The van der Waals surface area contributed by atoms with E-state index in [1.165, 1.54) is 17.5 Å². The number of nitrogens with zero attached hydrogens (tertiary/aromatic N) is 1. The molecule has 0 aliphatic carbocycles. The summed E-state index contributed by atoms with van der Waals surface area (Å²) in [6.07, 6.45) is 1.25. The van der Waals surface area contributed by atoms with Crippen molar-refractivity contribution in [1.82, 2.24) is 4.31 Å². The number of halogens is 1. The van der Waals surface area contributed by atoms with E-state index in [4.69, 9.17) is 10.5 Å². The predicted molar refractivity (Wildman–Crippen MR) is 82.1 cm³/mol. The number of esters is 1. The summed E-state index contributed by atoms with van der Waals surface area (Å²) in [6.45, 7) is 0.510. The van der Waals surface area contributed by atoms with Gasteiger partial charge in [0, 0.05) is 17.6 Å². The number of anilines is 1. The molecule has 116 valence electrons. The highest BCUT2D eigenvalue weighted by Gasteiger charge is 2.34. The van der Waals surface area contributed by atoms with Gasteiger partial charge in [-0.05, 0) is 31.0 Å². The third-order valence-corrected chi connectivity index (χ3v) is 5.94. The number of nitrogen functional groups attached to an aromatic ring is 1. The van der Waals surface area contributed by atoms with Crippen LogP contribution in [0, 0.1) is 5.92 Å². The first-order valence-electron chi connectivity index (χ1n) is 6.49. The van der Waals surface area contributed by atoms with E-state index in [9.17, 15) is 13.2 Å². The smallest absolute Gasteiger partial charge is 0.309 e. The van der Waals surface area contributed by atoms with Crippen molar-refractivity contribution < 1.29 is 17.9 Å². The number of methoxy groups -OCH3 is 1. The fourth-order valence-corrected chi connectivity index (χ4v) is 4.41. The van der Waals surface area contributed by atoms with Gasteiger partial charge in [-0.3, -0.25) is 4.79 Å². The molecular weight excluding hydrogens is 360 g/mol. The lowest BCUT2D eigenvalue weighted by Crippen LogP contribution is -2.42. The van der Waals surface area contributed by atoms with Crippen LogP contribution in [0.15, 0.2) is 27.6 Å². The minimum atomic E-state index is -3.70. The zero-order chi connectivity index (χ0) is 15.6. The summed E-state index contributed by atoms with van der Waals surface area (Å²) in [6, 6.07) is 4.65. The Labute approximate surface area is 132 Å².